The van der Waals surface area contributed by atoms with Gasteiger partial charge in [0.05, 0.1) is 12.5 Å². The number of ether oxygens (including phenoxy) is 4. The number of para-hydroxylation sites is 1. The number of thiol groups is 1. The van der Waals surface area contributed by atoms with Gasteiger partial charge in [-0.1, -0.05) is 70.3 Å². The van der Waals surface area contributed by atoms with Gasteiger partial charge in [-0.15, -0.1) is 0 Å². The SMILES string of the molecule is C=COCCOc1ccc([SH+]c2ccc(C)cc2)cc1.C=COCCOc1ccccc1.CC.[2H]C. The topological polar surface area (TPSA) is 36.9 Å². The van der Waals surface area contributed by atoms with E-state index >= 15 is 0 Å². The monoisotopic (exact) mass is 498 g/mol. The van der Waals surface area contributed by atoms with E-state index in [0.29, 0.717) is 26.4 Å². The minimum atomic E-state index is 0.521. The Morgan fingerprint density at radius 1 is 0.686 bits per heavy atom. The second-order valence-corrected chi connectivity index (χ2v) is 7.78. The highest BCUT2D eigenvalue weighted by Crippen LogP contribution is 2.17. The maximum absolute atomic E-state index is 5.75. The highest BCUT2D eigenvalue weighted by molar-refractivity contribution is 7.78. The largest absolute Gasteiger partial charge is 0.498 e. The van der Waals surface area contributed by atoms with Crippen molar-refractivity contribution in [1.29, 1.82) is 0 Å². The lowest BCUT2D eigenvalue weighted by molar-refractivity contribution is 0.179. The molecule has 3 aromatic rings. The van der Waals surface area contributed by atoms with E-state index in [1.807, 2.05) is 56.3 Å². The third-order valence-corrected chi connectivity index (χ3v) is 5.16. The van der Waals surface area contributed by atoms with Crippen LogP contribution >= 0.6 is 0 Å². The Hall–Kier alpha value is -3.31. The molecular weight excluding hydrogens is 456 g/mol. The summed E-state index contributed by atoms with van der Waals surface area (Å²) in [6.45, 7) is 15.2. The minimum Gasteiger partial charge on any atom is -0.498 e. The van der Waals surface area contributed by atoms with Gasteiger partial charge in [-0.25, -0.2) is 0 Å². The first kappa shape index (κ1) is 29.7. The Morgan fingerprint density at radius 2 is 1.11 bits per heavy atom. The standard InChI is InChI=1S/C17H18O2S.C10H12O2.C2H6.CH4/c1-3-18-12-13-19-15-6-10-17(11-7-15)20-16-8-4-14(2)5-9-16;1-2-11-8-9-12-10-6-4-3-5-7-10;1-2;/h3-11H,1,12-13H2,2H3;2-7H,1,8-9H2;1-2H3;1H4/p+1/i;;;1D. The molecule has 4 nitrogen and oxygen atoms in total. The van der Waals surface area contributed by atoms with Crippen molar-refractivity contribution in [3.8, 4) is 11.5 Å². The van der Waals surface area contributed by atoms with Gasteiger partial charge >= 0.3 is 0 Å². The van der Waals surface area contributed by atoms with Gasteiger partial charge in [-0.05, 0) is 55.5 Å². The van der Waals surface area contributed by atoms with Gasteiger partial charge in [0.25, 0.3) is 0 Å². The van der Waals surface area contributed by atoms with Crippen LogP contribution < -0.4 is 9.47 Å². The molecule has 0 aromatic heterocycles. The van der Waals surface area contributed by atoms with Crippen LogP contribution in [0.15, 0.2) is 114 Å². The van der Waals surface area contributed by atoms with Gasteiger partial charge in [-0.2, -0.15) is 0 Å². The van der Waals surface area contributed by atoms with Gasteiger partial charge in [0.1, 0.15) is 37.9 Å². The Morgan fingerprint density at radius 3 is 1.57 bits per heavy atom. The first-order chi connectivity index (χ1) is 17.7. The van der Waals surface area contributed by atoms with E-state index in [0.717, 1.165) is 11.5 Å². The summed E-state index contributed by atoms with van der Waals surface area (Å²) in [5.74, 6) is 1.73. The minimum absolute atomic E-state index is 0.521. The molecule has 0 saturated carbocycles. The summed E-state index contributed by atoms with van der Waals surface area (Å²) in [4.78, 5) is 2.55. The third kappa shape index (κ3) is 15.3. The van der Waals surface area contributed by atoms with Crippen LogP contribution in [0.3, 0.4) is 0 Å². The highest BCUT2D eigenvalue weighted by Gasteiger charge is 2.06. The fourth-order valence-corrected chi connectivity index (χ4v) is 3.38. The lowest BCUT2D eigenvalue weighted by Crippen LogP contribution is -2.03. The van der Waals surface area contributed by atoms with Crippen LogP contribution in [0, 0.1) is 6.92 Å². The zero-order valence-corrected chi connectivity index (χ0v) is 22.4. The fraction of sp³-hybridized carbons (Fsp3) is 0.267. The molecule has 0 radical (unpaired) electrons. The van der Waals surface area contributed by atoms with Crippen molar-refractivity contribution in [2.45, 2.75) is 38.0 Å². The van der Waals surface area contributed by atoms with Gasteiger partial charge in [0.2, 0.25) is 0 Å². The molecule has 0 heterocycles. The van der Waals surface area contributed by atoms with E-state index < -0.39 is 0 Å². The third-order valence-electron chi connectivity index (χ3n) is 4.05. The number of hydrogen-bond acceptors (Lipinski definition) is 4. The summed E-state index contributed by atoms with van der Waals surface area (Å²) < 4.78 is 26.5. The molecule has 0 fully saturated rings. The van der Waals surface area contributed by atoms with Crippen LogP contribution in [0.4, 0.5) is 0 Å². The normalized spacial score (nSPS) is 9.20. The second kappa shape index (κ2) is 21.2. The van der Waals surface area contributed by atoms with Crippen molar-refractivity contribution >= 4 is 11.8 Å². The maximum atomic E-state index is 5.75. The van der Waals surface area contributed by atoms with Crippen LogP contribution in [0.2, 0.25) is 0 Å². The number of rotatable bonds is 12. The summed E-state index contributed by atoms with van der Waals surface area (Å²) in [6, 6.07) is 26.4. The van der Waals surface area contributed by atoms with Crippen LogP contribution in [-0.2, 0) is 21.2 Å². The average Bonchev–Trinajstić information content (AvgIpc) is 2.94. The predicted octanol–water partition coefficient (Wildman–Crippen LogP) is 7.65. The van der Waals surface area contributed by atoms with Crippen molar-refractivity contribution < 1.29 is 20.3 Å². The Bertz CT molecular complexity index is 900. The molecule has 0 spiro atoms. The van der Waals surface area contributed by atoms with E-state index in [9.17, 15) is 0 Å². The molecule has 0 N–H and O–H groups in total. The van der Waals surface area contributed by atoms with Crippen LogP contribution in [0.1, 0.15) is 28.2 Å². The molecule has 0 atom stereocenters. The fourth-order valence-electron chi connectivity index (χ4n) is 2.48. The Kier molecular flexibility index (Phi) is 18.0. The number of benzene rings is 3. The van der Waals surface area contributed by atoms with Crippen molar-refractivity contribution in [2.75, 3.05) is 26.4 Å². The van der Waals surface area contributed by atoms with E-state index in [4.69, 9.17) is 20.3 Å². The molecule has 0 saturated heterocycles. The predicted molar refractivity (Wildman–Crippen MR) is 151 cm³/mol. The molecule has 3 aromatic carbocycles. The molecule has 0 amide bonds. The summed E-state index contributed by atoms with van der Waals surface area (Å²) in [5, 5.41) is 0. The zero-order valence-electron chi connectivity index (χ0n) is 22.5. The summed E-state index contributed by atoms with van der Waals surface area (Å²) in [5.41, 5.74) is 1.29. The number of aryl methyl sites for hydroxylation is 1. The van der Waals surface area contributed by atoms with E-state index in [1.54, 1.807) is 0 Å². The summed E-state index contributed by atoms with van der Waals surface area (Å²) in [7, 11) is 1.25. The molecule has 0 aliphatic carbocycles. The lowest BCUT2D eigenvalue weighted by atomic mass is 10.2. The van der Waals surface area contributed by atoms with Crippen LogP contribution in [0.5, 0.6) is 11.5 Å². The van der Waals surface area contributed by atoms with Crippen molar-refractivity contribution in [2.24, 2.45) is 0 Å². The molecule has 190 valence electrons. The average molecular weight is 499 g/mol. The molecule has 35 heavy (non-hydrogen) atoms. The molecule has 5 heteroatoms. The Balaban J connectivity index is 0.000000655. The molecule has 0 unspecified atom stereocenters. The second-order valence-electron chi connectivity index (χ2n) is 6.53. The first-order valence-electron chi connectivity index (χ1n) is 12.4. The maximum Gasteiger partial charge on any atom is 0.158 e. The van der Waals surface area contributed by atoms with Crippen molar-refractivity contribution in [3.05, 3.63) is 110 Å². The van der Waals surface area contributed by atoms with Gasteiger partial charge in [0, 0.05) is 13.1 Å². The van der Waals surface area contributed by atoms with Crippen molar-refractivity contribution in [1.82, 2.24) is 0 Å². The molecule has 0 bridgehead atoms. The quantitative estimate of drug-likeness (QED) is 0.111. The first-order valence-corrected chi connectivity index (χ1v) is 12.2. The van der Waals surface area contributed by atoms with E-state index in [1.165, 1.54) is 47.0 Å². The lowest BCUT2D eigenvalue weighted by Gasteiger charge is -2.05. The van der Waals surface area contributed by atoms with Crippen molar-refractivity contribution in [3.63, 3.8) is 0 Å². The van der Waals surface area contributed by atoms with Crippen LogP contribution in [0.25, 0.3) is 0 Å². The van der Waals surface area contributed by atoms with E-state index in [2.05, 4.69) is 56.5 Å². The molecular formula is C30H41O4S+. The molecule has 0 aliphatic heterocycles. The number of hydrogen-bond donors (Lipinski definition) is 0. The molecule has 0 aliphatic rings. The Labute approximate surface area is 218 Å². The summed E-state index contributed by atoms with van der Waals surface area (Å²) in [6.07, 6.45) is 2.83. The van der Waals surface area contributed by atoms with Crippen LogP contribution in [-0.4, -0.2) is 26.4 Å². The smallest absolute Gasteiger partial charge is 0.158 e. The zero-order chi connectivity index (χ0) is 26.9. The van der Waals surface area contributed by atoms with Gasteiger partial charge in [-0.3, -0.25) is 0 Å². The summed E-state index contributed by atoms with van der Waals surface area (Å²) >= 11 is 1.21. The van der Waals surface area contributed by atoms with Gasteiger partial charge < -0.3 is 18.9 Å². The highest BCUT2D eigenvalue weighted by atomic mass is 32.2. The molecule has 3 rings (SSSR count). The van der Waals surface area contributed by atoms with Gasteiger partial charge in [0.15, 0.2) is 9.79 Å². The van der Waals surface area contributed by atoms with E-state index in [-0.39, 0.29) is 0 Å².